The zero-order chi connectivity index (χ0) is 13.8. The molecule has 0 bridgehead atoms. The molecule has 0 aliphatic heterocycles. The Hall–Kier alpha value is -1.60. The van der Waals surface area contributed by atoms with Crippen molar-refractivity contribution in [3.05, 3.63) is 35.3 Å². The second-order valence-corrected chi connectivity index (χ2v) is 5.99. The van der Waals surface area contributed by atoms with Crippen LogP contribution in [0.2, 0.25) is 0 Å². The minimum Gasteiger partial charge on any atom is -0.464 e. The SMILES string of the molecule is COC(=O)c1cccc(CSc2sc(N)nc2C)n1. The summed E-state index contributed by atoms with van der Waals surface area (Å²) < 4.78 is 5.72. The Morgan fingerprint density at radius 2 is 2.26 bits per heavy atom. The minimum atomic E-state index is -0.426. The number of thioether (sulfide) groups is 1. The van der Waals surface area contributed by atoms with Gasteiger partial charge in [-0.25, -0.2) is 14.8 Å². The number of nitrogen functional groups attached to an aromatic ring is 1. The van der Waals surface area contributed by atoms with Crippen molar-refractivity contribution in [3.63, 3.8) is 0 Å². The van der Waals surface area contributed by atoms with Crippen molar-refractivity contribution < 1.29 is 9.53 Å². The molecule has 19 heavy (non-hydrogen) atoms. The van der Waals surface area contributed by atoms with Gasteiger partial charge in [-0.2, -0.15) is 0 Å². The van der Waals surface area contributed by atoms with Crippen molar-refractivity contribution in [1.82, 2.24) is 9.97 Å². The third-order valence-corrected chi connectivity index (χ3v) is 4.71. The molecule has 100 valence electrons. The fourth-order valence-corrected chi connectivity index (χ4v) is 3.38. The monoisotopic (exact) mass is 295 g/mol. The average molecular weight is 295 g/mol. The van der Waals surface area contributed by atoms with Gasteiger partial charge in [0.15, 0.2) is 5.13 Å². The van der Waals surface area contributed by atoms with Crippen LogP contribution >= 0.6 is 23.1 Å². The number of hydrogen-bond acceptors (Lipinski definition) is 7. The minimum absolute atomic E-state index is 0.321. The Kier molecular flexibility index (Phi) is 4.39. The van der Waals surface area contributed by atoms with Gasteiger partial charge in [0, 0.05) is 5.75 Å². The molecule has 0 radical (unpaired) electrons. The highest BCUT2D eigenvalue weighted by Gasteiger charge is 2.10. The number of pyridine rings is 1. The van der Waals surface area contributed by atoms with E-state index in [2.05, 4.69) is 14.7 Å². The Bertz CT molecular complexity index is 598. The molecule has 0 saturated carbocycles. The highest BCUT2D eigenvalue weighted by Crippen LogP contribution is 2.32. The van der Waals surface area contributed by atoms with Gasteiger partial charge in [0.25, 0.3) is 0 Å². The van der Waals surface area contributed by atoms with Crippen molar-refractivity contribution >= 4 is 34.2 Å². The topological polar surface area (TPSA) is 78.1 Å². The predicted molar refractivity (Wildman–Crippen MR) is 76.4 cm³/mol. The van der Waals surface area contributed by atoms with E-state index in [9.17, 15) is 4.79 Å². The van der Waals surface area contributed by atoms with Crippen LogP contribution in [0.25, 0.3) is 0 Å². The van der Waals surface area contributed by atoms with Crippen LogP contribution in [0.15, 0.2) is 22.4 Å². The first-order valence-corrected chi connectivity index (χ1v) is 7.30. The molecule has 2 N–H and O–H groups in total. The number of methoxy groups -OCH3 is 1. The van der Waals surface area contributed by atoms with Gasteiger partial charge in [-0.15, -0.1) is 11.8 Å². The molecule has 0 spiro atoms. The first-order valence-electron chi connectivity index (χ1n) is 5.50. The van der Waals surface area contributed by atoms with Gasteiger partial charge in [-0.3, -0.25) is 0 Å². The van der Waals surface area contributed by atoms with E-state index in [4.69, 9.17) is 5.73 Å². The van der Waals surface area contributed by atoms with Gasteiger partial charge in [-0.05, 0) is 19.1 Å². The van der Waals surface area contributed by atoms with Gasteiger partial charge in [-0.1, -0.05) is 17.4 Å². The number of ether oxygens (including phenoxy) is 1. The number of anilines is 1. The fourth-order valence-electron chi connectivity index (χ4n) is 1.45. The summed E-state index contributed by atoms with van der Waals surface area (Å²) in [6, 6.07) is 5.30. The number of nitrogens with two attached hydrogens (primary N) is 1. The largest absolute Gasteiger partial charge is 0.464 e. The lowest BCUT2D eigenvalue weighted by molar-refractivity contribution is 0.0594. The van der Waals surface area contributed by atoms with E-state index in [1.54, 1.807) is 23.9 Å². The van der Waals surface area contributed by atoms with Crippen LogP contribution in [0.5, 0.6) is 0 Å². The maximum absolute atomic E-state index is 11.4. The molecule has 7 heteroatoms. The predicted octanol–water partition coefficient (Wildman–Crippen LogP) is 2.51. The standard InChI is InChI=1S/C12H13N3O2S2/c1-7-11(19-12(13)14-7)18-6-8-4-3-5-9(15-8)10(16)17-2/h3-5H,6H2,1-2H3,(H2,13,14). The summed E-state index contributed by atoms with van der Waals surface area (Å²) in [5.41, 5.74) is 7.71. The number of carbonyl (C=O) groups is 1. The lowest BCUT2D eigenvalue weighted by Crippen LogP contribution is -2.05. The maximum atomic E-state index is 11.4. The molecule has 0 aromatic carbocycles. The van der Waals surface area contributed by atoms with Crippen LogP contribution < -0.4 is 5.73 Å². The van der Waals surface area contributed by atoms with E-state index in [-0.39, 0.29) is 0 Å². The summed E-state index contributed by atoms with van der Waals surface area (Å²) in [7, 11) is 1.34. The van der Waals surface area contributed by atoms with Crippen LogP contribution in [0.4, 0.5) is 5.13 Å². The summed E-state index contributed by atoms with van der Waals surface area (Å²) in [6.45, 7) is 1.92. The zero-order valence-electron chi connectivity index (χ0n) is 10.5. The van der Waals surface area contributed by atoms with Gasteiger partial charge >= 0.3 is 5.97 Å². The van der Waals surface area contributed by atoms with Crippen LogP contribution in [-0.4, -0.2) is 23.0 Å². The van der Waals surface area contributed by atoms with Crippen molar-refractivity contribution in [2.24, 2.45) is 0 Å². The molecule has 0 fully saturated rings. The molecule has 2 rings (SSSR count). The lowest BCUT2D eigenvalue weighted by Gasteiger charge is -2.02. The number of nitrogens with zero attached hydrogens (tertiary/aromatic N) is 2. The molecule has 0 aliphatic rings. The Morgan fingerprint density at radius 1 is 1.47 bits per heavy atom. The van der Waals surface area contributed by atoms with Crippen LogP contribution in [-0.2, 0) is 10.5 Å². The third-order valence-electron chi connectivity index (χ3n) is 2.32. The number of aryl methyl sites for hydroxylation is 1. The van der Waals surface area contributed by atoms with E-state index in [1.165, 1.54) is 18.4 Å². The first-order chi connectivity index (χ1) is 9.10. The Balaban J connectivity index is 2.07. The third kappa shape index (κ3) is 3.45. The maximum Gasteiger partial charge on any atom is 0.356 e. The van der Waals surface area contributed by atoms with Crippen molar-refractivity contribution in [2.75, 3.05) is 12.8 Å². The van der Waals surface area contributed by atoms with E-state index >= 15 is 0 Å². The number of thiazole rings is 1. The van der Waals surface area contributed by atoms with Crippen molar-refractivity contribution in [1.29, 1.82) is 0 Å². The number of aromatic nitrogens is 2. The van der Waals surface area contributed by atoms with Crippen LogP contribution in [0.1, 0.15) is 21.9 Å². The summed E-state index contributed by atoms with van der Waals surface area (Å²) >= 11 is 3.07. The van der Waals surface area contributed by atoms with Crippen LogP contribution in [0, 0.1) is 6.92 Å². The van der Waals surface area contributed by atoms with E-state index in [1.807, 2.05) is 13.0 Å². The smallest absolute Gasteiger partial charge is 0.356 e. The molecular formula is C12H13N3O2S2. The van der Waals surface area contributed by atoms with Gasteiger partial charge in [0.2, 0.25) is 0 Å². The zero-order valence-corrected chi connectivity index (χ0v) is 12.2. The summed E-state index contributed by atoms with van der Waals surface area (Å²) in [5.74, 6) is 0.234. The number of esters is 1. The molecule has 2 heterocycles. The van der Waals surface area contributed by atoms with E-state index in [0.717, 1.165) is 15.6 Å². The Morgan fingerprint density at radius 3 is 2.89 bits per heavy atom. The van der Waals surface area contributed by atoms with Crippen molar-refractivity contribution in [2.45, 2.75) is 16.9 Å². The molecular weight excluding hydrogens is 282 g/mol. The quantitative estimate of drug-likeness (QED) is 0.689. The highest BCUT2D eigenvalue weighted by atomic mass is 32.2. The van der Waals surface area contributed by atoms with Crippen molar-refractivity contribution in [3.8, 4) is 0 Å². The fraction of sp³-hybridized carbons (Fsp3) is 0.250. The lowest BCUT2D eigenvalue weighted by atomic mass is 10.3. The van der Waals surface area contributed by atoms with Gasteiger partial charge < -0.3 is 10.5 Å². The second-order valence-electron chi connectivity index (χ2n) is 3.72. The normalized spacial score (nSPS) is 10.4. The summed E-state index contributed by atoms with van der Waals surface area (Å²) in [6.07, 6.45) is 0. The van der Waals surface area contributed by atoms with E-state index < -0.39 is 5.97 Å². The summed E-state index contributed by atoms with van der Waals surface area (Å²) in [4.78, 5) is 19.8. The molecule has 0 aliphatic carbocycles. The van der Waals surface area contributed by atoms with Crippen LogP contribution in [0.3, 0.4) is 0 Å². The summed E-state index contributed by atoms with van der Waals surface area (Å²) in [5, 5.41) is 0.566. The second kappa shape index (κ2) is 6.03. The number of rotatable bonds is 4. The average Bonchev–Trinajstić information content (AvgIpc) is 2.74. The van der Waals surface area contributed by atoms with Gasteiger partial charge in [0.1, 0.15) is 5.69 Å². The molecule has 0 atom stereocenters. The first kappa shape index (κ1) is 13.8. The molecule has 0 amide bonds. The molecule has 2 aromatic heterocycles. The molecule has 5 nitrogen and oxygen atoms in total. The van der Waals surface area contributed by atoms with E-state index in [0.29, 0.717) is 16.6 Å². The van der Waals surface area contributed by atoms with Gasteiger partial charge in [0.05, 0.1) is 22.7 Å². The number of hydrogen-bond donors (Lipinski definition) is 1. The molecule has 2 aromatic rings. The number of carbonyl (C=O) groups excluding carboxylic acids is 1. The Labute approximate surface area is 119 Å². The molecule has 0 unspecified atom stereocenters. The molecule has 0 saturated heterocycles. The highest BCUT2D eigenvalue weighted by molar-refractivity contribution is 8.00.